The van der Waals surface area contributed by atoms with Gasteiger partial charge >= 0.3 is 41.6 Å². The van der Waals surface area contributed by atoms with Crippen LogP contribution in [0.15, 0.2) is 0 Å². The van der Waals surface area contributed by atoms with Crippen LogP contribution in [-0.2, 0) is 221 Å². The van der Waals surface area contributed by atoms with Crippen LogP contribution in [0, 0.1) is 0 Å². The molecule has 0 amide bonds. The third-order valence-corrected chi connectivity index (χ3v) is 20.1. The average molecular weight is 1800 g/mol. The van der Waals surface area contributed by atoms with Crippen molar-refractivity contribution < 1.29 is 253 Å². The van der Waals surface area contributed by atoms with Gasteiger partial charge in [0, 0.05) is 85.3 Å². The predicted octanol–water partition coefficient (Wildman–Crippen LogP) is -2.91. The van der Waals surface area contributed by atoms with E-state index in [9.17, 15) is 57.1 Å². The minimum Gasteiger partial charge on any atom is -0.382 e. The van der Waals surface area contributed by atoms with Crippen molar-refractivity contribution >= 4 is 90.9 Å². The molecule has 6 saturated heterocycles. The zero-order chi connectivity index (χ0) is 82.0. The molecule has 0 aromatic rings. The Balaban J connectivity index is 1.40. The highest BCUT2D eigenvalue weighted by Crippen LogP contribution is 2.44. The van der Waals surface area contributed by atoms with Gasteiger partial charge in [-0.3, -0.25) is 34.9 Å². The van der Waals surface area contributed by atoms with Gasteiger partial charge in [0.15, 0.2) is 99.2 Å². The highest BCUT2D eigenvalue weighted by molar-refractivity contribution is 7.90. The van der Waals surface area contributed by atoms with E-state index < -0.39 is 258 Å². The molecular formula is C48H86O55S8. The summed E-state index contributed by atoms with van der Waals surface area (Å²) in [6.07, 6.45) is -51.3. The normalized spacial score (nSPS) is 37.5. The molecule has 0 saturated carbocycles. The van der Waals surface area contributed by atoms with Gasteiger partial charge in [-0.15, -0.1) is 17.3 Å². The van der Waals surface area contributed by atoms with Gasteiger partial charge in [-0.1, -0.05) is 20.2 Å². The first-order chi connectivity index (χ1) is 52.9. The zero-order valence-electron chi connectivity index (χ0n) is 59.6. The Bertz CT molecular complexity index is 3080. The maximum absolute atomic E-state index is 13.1. The van der Waals surface area contributed by atoms with E-state index in [0.717, 1.165) is 14.2 Å². The highest BCUT2D eigenvalue weighted by atomic mass is 32.3. The van der Waals surface area contributed by atoms with Crippen LogP contribution in [0.3, 0.4) is 0 Å². The van der Waals surface area contributed by atoms with Crippen molar-refractivity contribution in [2.24, 2.45) is 0 Å². The fourth-order valence-electron chi connectivity index (χ4n) is 12.4. The van der Waals surface area contributed by atoms with Gasteiger partial charge in [-0.25, -0.2) is 37.8 Å². The second kappa shape index (κ2) is 48.7. The van der Waals surface area contributed by atoms with Crippen molar-refractivity contribution in [2.75, 3.05) is 125 Å². The molecule has 8 N–H and O–H groups in total. The summed E-state index contributed by atoms with van der Waals surface area (Å²) in [5.41, 5.74) is 0. The summed E-state index contributed by atoms with van der Waals surface area (Å²) in [6, 6.07) is 0. The van der Waals surface area contributed by atoms with E-state index in [1.807, 2.05) is 0 Å². The maximum Gasteiger partial charge on any atom is 0.397 e. The molecule has 0 aliphatic carbocycles. The van der Waals surface area contributed by atoms with Crippen LogP contribution in [0.25, 0.3) is 0 Å². The Kier molecular flexibility index (Phi) is 43.5. The summed E-state index contributed by atoms with van der Waals surface area (Å²) in [5.74, 6) is 0. The van der Waals surface area contributed by atoms with Crippen LogP contribution in [0.4, 0.5) is 0 Å². The van der Waals surface area contributed by atoms with Crippen molar-refractivity contribution in [1.29, 1.82) is 0 Å². The summed E-state index contributed by atoms with van der Waals surface area (Å²) in [4.78, 5) is 0. The SMILES string of the molecule is COCC1O[C@@H](O[C@H]2C(OC)C(OC)[C@@H](O[C@H]3C(OC)C(OC)[C@@H](OC)O[C@@H]3COC)O[C@@H]2COC)C(OC)[C@@H](OC)[C@H]1O[C@@H]1OC(COS(=O)(=O)O)[C@H](O[C@H]2O[C@H](COS(=O)(=O)O)[C@@H](O[C@H]3O[C@H](COS(=O)(=O)O)[C@@H](OSOOO)C(OSOOO)C3OSOOO)C(OSOOO)C2OS(=O)(=O)O)[C@H](OC)C1OC. The summed E-state index contributed by atoms with van der Waals surface area (Å²) in [5, 5.41) is 50.2. The fourth-order valence-corrected chi connectivity index (χ4v) is 15.3. The first-order valence-corrected chi connectivity index (χ1v) is 39.2. The molecular weight excluding hydrogens is 1710 g/mol. The number of rotatable bonds is 52. The number of methoxy groups -OCH3 is 12. The second-order valence-electron chi connectivity index (χ2n) is 22.7. The largest absolute Gasteiger partial charge is 0.397 e. The lowest BCUT2D eigenvalue weighted by Crippen LogP contribution is -2.69. The lowest BCUT2D eigenvalue weighted by atomic mass is 9.94. The van der Waals surface area contributed by atoms with Gasteiger partial charge in [0.25, 0.3) is 0 Å². The molecule has 6 aliphatic heterocycles. The van der Waals surface area contributed by atoms with Crippen LogP contribution >= 0.6 is 49.3 Å². The lowest BCUT2D eigenvalue weighted by molar-refractivity contribution is -0.437. The Morgan fingerprint density at radius 2 is 0.477 bits per heavy atom. The van der Waals surface area contributed by atoms with Crippen LogP contribution in [0.2, 0.25) is 0 Å². The molecule has 12 unspecified atom stereocenters. The van der Waals surface area contributed by atoms with Gasteiger partial charge in [-0.05, 0) is 0 Å². The third-order valence-electron chi connectivity index (χ3n) is 16.6. The Morgan fingerprint density at radius 1 is 0.252 bits per heavy atom. The summed E-state index contributed by atoms with van der Waals surface area (Å²) in [7, 11) is -7.04. The molecule has 111 heavy (non-hydrogen) atoms. The smallest absolute Gasteiger partial charge is 0.382 e. The van der Waals surface area contributed by atoms with E-state index in [1.165, 1.54) is 71.1 Å². The van der Waals surface area contributed by atoms with Crippen molar-refractivity contribution in [3.63, 3.8) is 0 Å². The number of hydrogen-bond acceptors (Lipinski definition) is 55. The van der Waals surface area contributed by atoms with E-state index in [0.29, 0.717) is 0 Å². The minimum absolute atomic E-state index is 0.00646. The Morgan fingerprint density at radius 3 is 0.739 bits per heavy atom. The predicted molar refractivity (Wildman–Crippen MR) is 343 cm³/mol. The first kappa shape index (κ1) is 99.1. The Labute approximate surface area is 649 Å². The molecule has 6 rings (SSSR count). The van der Waals surface area contributed by atoms with Crippen molar-refractivity contribution in [3.05, 3.63) is 0 Å². The van der Waals surface area contributed by atoms with Gasteiger partial charge in [0.2, 0.25) is 0 Å². The van der Waals surface area contributed by atoms with Crippen LogP contribution in [0.1, 0.15) is 0 Å². The summed E-state index contributed by atoms with van der Waals surface area (Å²) in [6.45, 7) is -4.95. The molecule has 0 aromatic heterocycles. The number of hydrogen-bond donors (Lipinski definition) is 8. The Hall–Kier alpha value is -0.680. The molecule has 0 bridgehead atoms. The fraction of sp³-hybridized carbons (Fsp3) is 1.00. The molecule has 55 nitrogen and oxygen atoms in total. The van der Waals surface area contributed by atoms with Crippen LogP contribution in [0.5, 0.6) is 0 Å². The molecule has 63 heteroatoms. The molecule has 0 radical (unpaired) electrons. The standard InChI is InChI=1S/C48H86O55S8/c1-65-13-19-25(31(68-4)37(72-8)43(76-12)80-19)86-44-38(73-9)32(69-5)26(20(81-44)14-66-2)87-45-39(74-10)33(70-6)27(21(82-45)15-67-3)88-46-40(75-11)34(71-7)28(22(83-46)16-77-108(53,54)55)89-48-42(95-111(62,63)64)35(92-105-101-97-50)29(23(84-48)17-78-109(56,57)58)90-47-41(94-107-103-99-52)36(93-106-102-98-51)30(91-104-100-96-49)24(85-47)18-79-110(59,60)61/h19-52H,13-18H2,1-12H3,(H,53,54,55)(H,56,57,58)(H,59,60,61)(H,62,63,64)/t19-,20-,21?,22?,23-,24-,25-,26-,27+,28+,29-,30-,31?,32?,33+,34+,35?,36?,37?,38?,39?,40?,41?,42?,43+,44-,45+,46+,47-,48-/m1/s1. The van der Waals surface area contributed by atoms with E-state index in [2.05, 4.69) is 45.9 Å². The number of ether oxygens (including phenoxy) is 23. The van der Waals surface area contributed by atoms with Gasteiger partial charge in [0.05, 0.1) is 39.6 Å². The van der Waals surface area contributed by atoms with Crippen molar-refractivity contribution in [1.82, 2.24) is 0 Å². The molecule has 0 spiro atoms. The monoisotopic (exact) mass is 1800 g/mol. The highest BCUT2D eigenvalue weighted by Gasteiger charge is 2.62. The molecule has 656 valence electrons. The minimum atomic E-state index is -6.01. The van der Waals surface area contributed by atoms with Gasteiger partial charge in [-0.2, -0.15) is 33.7 Å². The topological polar surface area (TPSA) is 658 Å². The zero-order valence-corrected chi connectivity index (χ0v) is 66.1. The first-order valence-electron chi connectivity index (χ1n) is 31.0. The van der Waals surface area contributed by atoms with Crippen molar-refractivity contribution in [3.8, 4) is 0 Å². The summed E-state index contributed by atoms with van der Waals surface area (Å²) >= 11 is -1.41. The van der Waals surface area contributed by atoms with E-state index in [1.54, 1.807) is 0 Å². The average Bonchev–Trinajstić information content (AvgIpc) is 0.762. The molecule has 6 heterocycles. The quantitative estimate of drug-likeness (QED) is 0.00995. The van der Waals surface area contributed by atoms with Gasteiger partial charge in [0.1, 0.15) is 134 Å². The second-order valence-corrected chi connectivity index (χ2v) is 28.9. The molecule has 30 atom stereocenters. The molecule has 6 fully saturated rings. The lowest BCUT2D eigenvalue weighted by Gasteiger charge is -2.52. The van der Waals surface area contributed by atoms with E-state index in [4.69, 9.17) is 150 Å². The molecule has 0 aromatic carbocycles. The van der Waals surface area contributed by atoms with Crippen molar-refractivity contribution in [2.45, 2.75) is 184 Å². The molecule has 6 aliphatic rings. The maximum atomic E-state index is 13.1. The van der Waals surface area contributed by atoms with E-state index >= 15 is 0 Å². The van der Waals surface area contributed by atoms with Crippen LogP contribution < -0.4 is 0 Å². The summed E-state index contributed by atoms with van der Waals surface area (Å²) < 4.78 is 339. The van der Waals surface area contributed by atoms with Crippen LogP contribution in [-0.4, -0.2) is 382 Å². The third kappa shape index (κ3) is 28.7. The van der Waals surface area contributed by atoms with Gasteiger partial charge < -0.3 is 109 Å². The van der Waals surface area contributed by atoms with E-state index in [-0.39, 0.29) is 56.8 Å².